The van der Waals surface area contributed by atoms with Crippen LogP contribution in [0, 0.1) is 11.8 Å². The second kappa shape index (κ2) is 8.15. The number of hydrogen-bond donors (Lipinski definition) is 3. The molecule has 1 heterocycles. The Hall–Kier alpha value is -1.82. The molecule has 0 bridgehead atoms. The third-order valence-corrected chi connectivity index (χ3v) is 4.41. The summed E-state index contributed by atoms with van der Waals surface area (Å²) in [6.45, 7) is 3.95. The van der Waals surface area contributed by atoms with Gasteiger partial charge in [-0.05, 0) is 36.8 Å². The van der Waals surface area contributed by atoms with Crippen molar-refractivity contribution in [1.29, 1.82) is 0 Å². The summed E-state index contributed by atoms with van der Waals surface area (Å²) in [5.41, 5.74) is 0. The quantitative estimate of drug-likeness (QED) is 0.712. The molecule has 1 fully saturated rings. The number of carbonyl (C=O) groups is 2. The summed E-state index contributed by atoms with van der Waals surface area (Å²) >= 11 is 0. The molecule has 0 radical (unpaired) electrons. The van der Waals surface area contributed by atoms with E-state index < -0.39 is 18.1 Å². The summed E-state index contributed by atoms with van der Waals surface area (Å²) in [4.78, 5) is 24.4. The molecule has 2 rings (SSSR count). The molecule has 1 aliphatic rings. The molecular weight excluding hydrogens is 296 g/mol. The van der Waals surface area contributed by atoms with E-state index in [-0.39, 0.29) is 30.0 Å². The third-order valence-electron chi connectivity index (χ3n) is 4.41. The first-order chi connectivity index (χ1) is 11.0. The van der Waals surface area contributed by atoms with Crippen molar-refractivity contribution in [2.75, 3.05) is 6.54 Å². The molecule has 0 aliphatic heterocycles. The smallest absolute Gasteiger partial charge is 0.287 e. The van der Waals surface area contributed by atoms with Gasteiger partial charge in [0.05, 0.1) is 12.4 Å². The van der Waals surface area contributed by atoms with Crippen molar-refractivity contribution < 1.29 is 19.1 Å². The van der Waals surface area contributed by atoms with Gasteiger partial charge < -0.3 is 20.2 Å². The lowest BCUT2D eigenvalue weighted by Gasteiger charge is -2.23. The van der Waals surface area contributed by atoms with Gasteiger partial charge in [0.1, 0.15) is 6.04 Å². The molecule has 2 unspecified atom stereocenters. The largest absolute Gasteiger partial charge is 0.459 e. The van der Waals surface area contributed by atoms with E-state index >= 15 is 0 Å². The highest BCUT2D eigenvalue weighted by atomic mass is 16.3. The van der Waals surface area contributed by atoms with Gasteiger partial charge in [-0.3, -0.25) is 9.59 Å². The van der Waals surface area contributed by atoms with E-state index in [0.717, 1.165) is 25.7 Å². The zero-order valence-corrected chi connectivity index (χ0v) is 13.7. The van der Waals surface area contributed by atoms with Crippen molar-refractivity contribution in [3.05, 3.63) is 24.2 Å². The van der Waals surface area contributed by atoms with Gasteiger partial charge in [-0.2, -0.15) is 0 Å². The molecule has 0 saturated heterocycles. The molecule has 3 N–H and O–H groups in total. The fraction of sp³-hybridized carbons (Fsp3) is 0.647. The van der Waals surface area contributed by atoms with Crippen LogP contribution >= 0.6 is 0 Å². The second-order valence-corrected chi connectivity index (χ2v) is 6.53. The number of hydrogen-bond acceptors (Lipinski definition) is 4. The van der Waals surface area contributed by atoms with E-state index in [2.05, 4.69) is 10.6 Å². The van der Waals surface area contributed by atoms with E-state index in [9.17, 15) is 14.7 Å². The van der Waals surface area contributed by atoms with E-state index in [1.54, 1.807) is 12.1 Å². The molecule has 1 aromatic heterocycles. The van der Waals surface area contributed by atoms with Crippen molar-refractivity contribution >= 4 is 11.8 Å². The highest BCUT2D eigenvalue weighted by molar-refractivity contribution is 5.95. The Bertz CT molecular complexity index is 507. The molecule has 2 amide bonds. The van der Waals surface area contributed by atoms with Crippen molar-refractivity contribution in [3.8, 4) is 0 Å². The second-order valence-electron chi connectivity index (χ2n) is 6.53. The van der Waals surface area contributed by atoms with E-state index in [0.29, 0.717) is 0 Å². The first-order valence-corrected chi connectivity index (χ1v) is 8.29. The van der Waals surface area contributed by atoms with Gasteiger partial charge in [0.25, 0.3) is 5.91 Å². The summed E-state index contributed by atoms with van der Waals surface area (Å²) in [5, 5.41) is 15.6. The van der Waals surface area contributed by atoms with Crippen LogP contribution in [0.4, 0.5) is 0 Å². The lowest BCUT2D eigenvalue weighted by Crippen LogP contribution is -2.51. The fourth-order valence-electron chi connectivity index (χ4n) is 2.98. The highest BCUT2D eigenvalue weighted by Gasteiger charge is 2.28. The summed E-state index contributed by atoms with van der Waals surface area (Å²) in [6, 6.07) is 2.51. The van der Waals surface area contributed by atoms with Gasteiger partial charge in [-0.25, -0.2) is 0 Å². The zero-order valence-electron chi connectivity index (χ0n) is 13.7. The Kier molecular flexibility index (Phi) is 6.21. The van der Waals surface area contributed by atoms with Crippen LogP contribution in [0.25, 0.3) is 0 Å². The van der Waals surface area contributed by atoms with Crippen LogP contribution in [0.3, 0.4) is 0 Å². The monoisotopic (exact) mass is 322 g/mol. The molecule has 1 aromatic rings. The number of nitrogens with one attached hydrogen (secondary N) is 2. The number of rotatable bonds is 7. The molecule has 2 atom stereocenters. The average molecular weight is 322 g/mol. The number of aliphatic hydroxyl groups is 1. The predicted octanol–water partition coefficient (Wildman–Crippen LogP) is 1.70. The lowest BCUT2D eigenvalue weighted by atomic mass is 10.00. The van der Waals surface area contributed by atoms with Gasteiger partial charge in [0.15, 0.2) is 5.76 Å². The summed E-state index contributed by atoms with van der Waals surface area (Å²) < 4.78 is 5.04. The molecule has 1 saturated carbocycles. The molecule has 1 aliphatic carbocycles. The number of aliphatic hydroxyl groups excluding tert-OH is 1. The molecule has 23 heavy (non-hydrogen) atoms. The summed E-state index contributed by atoms with van der Waals surface area (Å²) in [7, 11) is 0. The van der Waals surface area contributed by atoms with Crippen LogP contribution in [0.15, 0.2) is 22.8 Å². The Morgan fingerprint density at radius 3 is 2.61 bits per heavy atom. The maximum Gasteiger partial charge on any atom is 0.287 e. The van der Waals surface area contributed by atoms with Crippen molar-refractivity contribution in [3.63, 3.8) is 0 Å². The Morgan fingerprint density at radius 2 is 2.04 bits per heavy atom. The Labute approximate surface area is 136 Å². The van der Waals surface area contributed by atoms with Crippen molar-refractivity contribution in [2.45, 2.75) is 51.7 Å². The van der Waals surface area contributed by atoms with Crippen molar-refractivity contribution in [1.82, 2.24) is 10.6 Å². The minimum absolute atomic E-state index is 0.0717. The number of amides is 2. The van der Waals surface area contributed by atoms with Crippen molar-refractivity contribution in [2.24, 2.45) is 11.8 Å². The maximum absolute atomic E-state index is 12.3. The third kappa shape index (κ3) is 4.82. The predicted molar refractivity (Wildman–Crippen MR) is 85.8 cm³/mol. The lowest BCUT2D eigenvalue weighted by molar-refractivity contribution is -0.124. The van der Waals surface area contributed by atoms with Gasteiger partial charge in [0.2, 0.25) is 5.91 Å². The van der Waals surface area contributed by atoms with Crippen LogP contribution in [0.5, 0.6) is 0 Å². The first-order valence-electron chi connectivity index (χ1n) is 8.29. The first kappa shape index (κ1) is 17.5. The molecular formula is C17H26N2O4. The maximum atomic E-state index is 12.3. The van der Waals surface area contributed by atoms with Crippen LogP contribution in [0.1, 0.15) is 50.1 Å². The van der Waals surface area contributed by atoms with E-state index in [4.69, 9.17) is 4.42 Å². The summed E-state index contributed by atoms with van der Waals surface area (Å²) in [5.74, 6) is -0.324. The van der Waals surface area contributed by atoms with E-state index in [1.807, 2.05) is 13.8 Å². The normalized spacial score (nSPS) is 17.9. The number of furan rings is 1. The molecule has 6 heteroatoms. The Morgan fingerprint density at radius 1 is 1.35 bits per heavy atom. The van der Waals surface area contributed by atoms with Gasteiger partial charge in [-0.15, -0.1) is 0 Å². The van der Waals surface area contributed by atoms with Gasteiger partial charge >= 0.3 is 0 Å². The summed E-state index contributed by atoms with van der Waals surface area (Å²) in [6.07, 6.45) is 5.21. The topological polar surface area (TPSA) is 91.6 Å². The molecule has 128 valence electrons. The highest BCUT2D eigenvalue weighted by Crippen LogP contribution is 2.27. The fourth-order valence-corrected chi connectivity index (χ4v) is 2.98. The standard InChI is InChI=1S/C17H26N2O4/c1-11(2)15(19-16(21)14-8-5-9-23-14)17(22)18-10-13(20)12-6-3-4-7-12/h5,8-9,11-13,15,20H,3-4,6-7,10H2,1-2H3,(H,18,22)(H,19,21). The van der Waals surface area contributed by atoms with Crippen LogP contribution in [-0.2, 0) is 4.79 Å². The zero-order chi connectivity index (χ0) is 16.8. The average Bonchev–Trinajstić information content (AvgIpc) is 3.22. The van der Waals surface area contributed by atoms with Gasteiger partial charge in [0, 0.05) is 6.54 Å². The van der Waals surface area contributed by atoms with Crippen LogP contribution in [-0.4, -0.2) is 35.6 Å². The van der Waals surface area contributed by atoms with Crippen LogP contribution < -0.4 is 10.6 Å². The van der Waals surface area contributed by atoms with Gasteiger partial charge in [-0.1, -0.05) is 26.7 Å². The molecule has 0 spiro atoms. The minimum Gasteiger partial charge on any atom is -0.459 e. The minimum atomic E-state index is -0.664. The van der Waals surface area contributed by atoms with E-state index in [1.165, 1.54) is 6.26 Å². The molecule has 6 nitrogen and oxygen atoms in total. The Balaban J connectivity index is 1.86. The number of carbonyl (C=O) groups excluding carboxylic acids is 2. The SMILES string of the molecule is CC(C)C(NC(=O)c1ccco1)C(=O)NCC(O)C1CCCC1. The molecule has 0 aromatic carbocycles. The van der Waals surface area contributed by atoms with Crippen LogP contribution in [0.2, 0.25) is 0 Å².